The minimum atomic E-state index is 0.210. The molecular weight excluding hydrogens is 188 g/mol. The molecule has 0 saturated carbocycles. The molecule has 0 aliphatic heterocycles. The van der Waals surface area contributed by atoms with Crippen molar-refractivity contribution in [2.75, 3.05) is 6.61 Å². The minimum Gasteiger partial charge on any atom is -0.461 e. The second kappa shape index (κ2) is 4.80. The van der Waals surface area contributed by atoms with Gasteiger partial charge in [0.25, 0.3) is 0 Å². The van der Waals surface area contributed by atoms with Crippen molar-refractivity contribution in [1.29, 1.82) is 0 Å². The summed E-state index contributed by atoms with van der Waals surface area (Å²) in [6.07, 6.45) is 1.55. The van der Waals surface area contributed by atoms with Crippen LogP contribution in [0, 0.1) is 0 Å². The molecule has 2 rings (SSSR count). The summed E-state index contributed by atoms with van der Waals surface area (Å²) in [5, 5.41) is 8.71. The largest absolute Gasteiger partial charge is 0.461 e. The quantitative estimate of drug-likeness (QED) is 0.827. The first-order valence-corrected chi connectivity index (χ1v) is 5.15. The lowest BCUT2D eigenvalue weighted by Gasteiger charge is -1.96. The zero-order valence-corrected chi connectivity index (χ0v) is 8.52. The first-order valence-electron chi connectivity index (χ1n) is 5.15. The molecule has 1 aromatic heterocycles. The van der Waals surface area contributed by atoms with Crippen LogP contribution < -0.4 is 0 Å². The van der Waals surface area contributed by atoms with Gasteiger partial charge in [0, 0.05) is 18.6 Å². The van der Waals surface area contributed by atoms with Gasteiger partial charge in [-0.15, -0.1) is 0 Å². The Morgan fingerprint density at radius 3 is 2.53 bits per heavy atom. The van der Waals surface area contributed by atoms with Gasteiger partial charge in [0.05, 0.1) is 0 Å². The summed E-state index contributed by atoms with van der Waals surface area (Å²) in [6, 6.07) is 14.0. The predicted molar refractivity (Wildman–Crippen MR) is 59.6 cm³/mol. The van der Waals surface area contributed by atoms with Crippen LogP contribution in [0.2, 0.25) is 0 Å². The molecule has 0 amide bonds. The van der Waals surface area contributed by atoms with E-state index in [2.05, 4.69) is 0 Å². The Kier molecular flexibility index (Phi) is 3.20. The smallest absolute Gasteiger partial charge is 0.134 e. The van der Waals surface area contributed by atoms with Crippen LogP contribution in [0.15, 0.2) is 46.9 Å². The highest BCUT2D eigenvalue weighted by molar-refractivity contribution is 5.57. The lowest BCUT2D eigenvalue weighted by Crippen LogP contribution is -1.86. The molecule has 2 aromatic rings. The molecule has 0 saturated heterocycles. The number of aliphatic hydroxyl groups is 1. The minimum absolute atomic E-state index is 0.210. The van der Waals surface area contributed by atoms with E-state index >= 15 is 0 Å². The molecule has 15 heavy (non-hydrogen) atoms. The normalized spacial score (nSPS) is 10.5. The van der Waals surface area contributed by atoms with Gasteiger partial charge in [0.2, 0.25) is 0 Å². The molecule has 1 heterocycles. The van der Waals surface area contributed by atoms with Crippen LogP contribution in [0.5, 0.6) is 0 Å². The van der Waals surface area contributed by atoms with Gasteiger partial charge in [0.15, 0.2) is 0 Å². The van der Waals surface area contributed by atoms with Gasteiger partial charge in [-0.25, -0.2) is 0 Å². The SMILES string of the molecule is OCCCc1ccc(-c2ccccc2)o1. The van der Waals surface area contributed by atoms with Crippen molar-refractivity contribution >= 4 is 0 Å². The molecule has 0 radical (unpaired) electrons. The zero-order valence-electron chi connectivity index (χ0n) is 8.52. The monoisotopic (exact) mass is 202 g/mol. The highest BCUT2D eigenvalue weighted by Gasteiger charge is 2.03. The molecule has 1 aromatic carbocycles. The van der Waals surface area contributed by atoms with Gasteiger partial charge in [-0.2, -0.15) is 0 Å². The van der Waals surface area contributed by atoms with Crippen LogP contribution in [0.1, 0.15) is 12.2 Å². The van der Waals surface area contributed by atoms with E-state index in [-0.39, 0.29) is 6.61 Å². The van der Waals surface area contributed by atoms with Crippen molar-refractivity contribution in [3.05, 3.63) is 48.2 Å². The lowest BCUT2D eigenvalue weighted by atomic mass is 10.2. The van der Waals surface area contributed by atoms with E-state index in [1.807, 2.05) is 42.5 Å². The van der Waals surface area contributed by atoms with Gasteiger partial charge in [-0.3, -0.25) is 0 Å². The van der Waals surface area contributed by atoms with Gasteiger partial charge in [-0.05, 0) is 18.6 Å². The van der Waals surface area contributed by atoms with Crippen molar-refractivity contribution in [2.24, 2.45) is 0 Å². The average molecular weight is 202 g/mol. The molecule has 0 aliphatic rings. The molecule has 2 nitrogen and oxygen atoms in total. The Bertz CT molecular complexity index is 403. The summed E-state index contributed by atoms with van der Waals surface area (Å²) in [5.41, 5.74) is 1.09. The van der Waals surface area contributed by atoms with Crippen LogP contribution in [-0.4, -0.2) is 11.7 Å². The zero-order chi connectivity index (χ0) is 10.5. The first kappa shape index (κ1) is 9.99. The van der Waals surface area contributed by atoms with Crippen molar-refractivity contribution in [1.82, 2.24) is 0 Å². The number of furan rings is 1. The second-order valence-electron chi connectivity index (χ2n) is 3.46. The summed E-state index contributed by atoms with van der Waals surface area (Å²) >= 11 is 0. The van der Waals surface area contributed by atoms with Crippen LogP contribution in [0.4, 0.5) is 0 Å². The Hall–Kier alpha value is -1.54. The molecular formula is C13H14O2. The molecule has 0 aliphatic carbocycles. The summed E-state index contributed by atoms with van der Waals surface area (Å²) in [6.45, 7) is 0.210. The molecule has 0 fully saturated rings. The van der Waals surface area contributed by atoms with E-state index < -0.39 is 0 Å². The predicted octanol–water partition coefficient (Wildman–Crippen LogP) is 2.87. The number of rotatable bonds is 4. The maximum atomic E-state index is 8.71. The van der Waals surface area contributed by atoms with Crippen molar-refractivity contribution in [2.45, 2.75) is 12.8 Å². The molecule has 0 bridgehead atoms. The van der Waals surface area contributed by atoms with E-state index in [9.17, 15) is 0 Å². The highest BCUT2D eigenvalue weighted by Crippen LogP contribution is 2.22. The molecule has 0 unspecified atom stereocenters. The van der Waals surface area contributed by atoms with Crippen molar-refractivity contribution < 1.29 is 9.52 Å². The standard InChI is InChI=1S/C13H14O2/c14-10-4-7-12-8-9-13(15-12)11-5-2-1-3-6-11/h1-3,5-6,8-9,14H,4,7,10H2. The topological polar surface area (TPSA) is 33.4 Å². The van der Waals surface area contributed by atoms with Crippen LogP contribution >= 0.6 is 0 Å². The Morgan fingerprint density at radius 2 is 1.80 bits per heavy atom. The summed E-state index contributed by atoms with van der Waals surface area (Å²) in [5.74, 6) is 1.83. The Morgan fingerprint density at radius 1 is 1.00 bits per heavy atom. The molecule has 0 atom stereocenters. The Labute approximate surface area is 89.2 Å². The molecule has 1 N–H and O–H groups in total. The van der Waals surface area contributed by atoms with Gasteiger partial charge < -0.3 is 9.52 Å². The van der Waals surface area contributed by atoms with E-state index in [1.165, 1.54) is 0 Å². The fourth-order valence-corrected chi connectivity index (χ4v) is 1.52. The Balaban J connectivity index is 2.14. The van der Waals surface area contributed by atoms with Crippen LogP contribution in [-0.2, 0) is 6.42 Å². The maximum absolute atomic E-state index is 8.71. The van der Waals surface area contributed by atoms with Gasteiger partial charge >= 0.3 is 0 Å². The third kappa shape index (κ3) is 2.48. The lowest BCUT2D eigenvalue weighted by molar-refractivity contribution is 0.284. The second-order valence-corrected chi connectivity index (χ2v) is 3.46. The van der Waals surface area contributed by atoms with Crippen molar-refractivity contribution in [3.8, 4) is 11.3 Å². The van der Waals surface area contributed by atoms with Crippen molar-refractivity contribution in [3.63, 3.8) is 0 Å². The summed E-state index contributed by atoms with van der Waals surface area (Å²) in [4.78, 5) is 0. The third-order valence-corrected chi connectivity index (χ3v) is 2.30. The van der Waals surface area contributed by atoms with Gasteiger partial charge in [0.1, 0.15) is 11.5 Å². The number of aryl methyl sites for hydroxylation is 1. The molecule has 0 spiro atoms. The van der Waals surface area contributed by atoms with E-state index in [0.29, 0.717) is 0 Å². The number of hydrogen-bond acceptors (Lipinski definition) is 2. The average Bonchev–Trinajstić information content (AvgIpc) is 2.76. The van der Waals surface area contributed by atoms with Gasteiger partial charge in [-0.1, -0.05) is 30.3 Å². The van der Waals surface area contributed by atoms with E-state index in [0.717, 1.165) is 29.9 Å². The summed E-state index contributed by atoms with van der Waals surface area (Å²) < 4.78 is 5.66. The number of benzene rings is 1. The third-order valence-electron chi connectivity index (χ3n) is 2.30. The number of aliphatic hydroxyl groups excluding tert-OH is 1. The summed E-state index contributed by atoms with van der Waals surface area (Å²) in [7, 11) is 0. The highest BCUT2D eigenvalue weighted by atomic mass is 16.3. The van der Waals surface area contributed by atoms with Crippen LogP contribution in [0.3, 0.4) is 0 Å². The molecule has 2 heteroatoms. The first-order chi connectivity index (χ1) is 7.40. The van der Waals surface area contributed by atoms with E-state index in [1.54, 1.807) is 0 Å². The maximum Gasteiger partial charge on any atom is 0.134 e. The number of hydrogen-bond donors (Lipinski definition) is 1. The fraction of sp³-hybridized carbons (Fsp3) is 0.231. The molecule has 78 valence electrons. The van der Waals surface area contributed by atoms with E-state index in [4.69, 9.17) is 9.52 Å². The van der Waals surface area contributed by atoms with Crippen LogP contribution in [0.25, 0.3) is 11.3 Å². The fourth-order valence-electron chi connectivity index (χ4n) is 1.52.